The Hall–Kier alpha value is -1.91. The monoisotopic (exact) mass is 251 g/mol. The molecule has 0 spiro atoms. The lowest BCUT2D eigenvalue weighted by Crippen LogP contribution is -2.44. The number of H-pyrrole nitrogens is 1. The zero-order valence-corrected chi connectivity index (χ0v) is 9.68. The number of nitrogens with zero attached hydrogens (tertiary/aromatic N) is 2. The lowest BCUT2D eigenvalue weighted by molar-refractivity contribution is -0.0734. The Labute approximate surface area is 102 Å². The van der Waals surface area contributed by atoms with Gasteiger partial charge in [0.15, 0.2) is 0 Å². The molecule has 0 aromatic carbocycles. The molecule has 96 valence electrons. The fraction of sp³-hybridized carbons (Fsp3) is 0.545. The number of hydrogen-bond acceptors (Lipinski definition) is 5. The molecule has 2 N–H and O–H groups in total. The Balaban J connectivity index is 2.32. The van der Waals surface area contributed by atoms with E-state index in [2.05, 4.69) is 4.98 Å². The standard InChI is InChI=1S/C11H13N3O4/c12-5-8-6-14(10(16)13-9(8)15)7-11(17)1-3-18-4-2-11/h6,17H,1-4,7H2,(H,13,15,16). The highest BCUT2D eigenvalue weighted by Crippen LogP contribution is 2.21. The van der Waals surface area contributed by atoms with E-state index >= 15 is 0 Å². The number of aromatic amines is 1. The van der Waals surface area contributed by atoms with Crippen LogP contribution < -0.4 is 11.2 Å². The Morgan fingerprint density at radius 3 is 2.78 bits per heavy atom. The van der Waals surface area contributed by atoms with Gasteiger partial charge in [0.25, 0.3) is 5.56 Å². The normalized spacial score (nSPS) is 18.2. The molecule has 0 unspecified atom stereocenters. The molecule has 1 aliphatic rings. The maximum Gasteiger partial charge on any atom is 0.328 e. The zero-order chi connectivity index (χ0) is 13.2. The molecule has 18 heavy (non-hydrogen) atoms. The number of aromatic nitrogens is 2. The van der Waals surface area contributed by atoms with Crippen molar-refractivity contribution in [2.45, 2.75) is 25.0 Å². The quantitative estimate of drug-likeness (QED) is 0.697. The average molecular weight is 251 g/mol. The summed E-state index contributed by atoms with van der Waals surface area (Å²) in [6.07, 6.45) is 2.01. The first-order valence-corrected chi connectivity index (χ1v) is 5.58. The summed E-state index contributed by atoms with van der Waals surface area (Å²) in [5.41, 5.74) is -2.52. The summed E-state index contributed by atoms with van der Waals surface area (Å²) in [5, 5.41) is 19.0. The van der Waals surface area contributed by atoms with Crippen molar-refractivity contribution in [3.63, 3.8) is 0 Å². The summed E-state index contributed by atoms with van der Waals surface area (Å²) in [6, 6.07) is 1.70. The second-order valence-corrected chi connectivity index (χ2v) is 4.38. The molecule has 1 aromatic rings. The van der Waals surface area contributed by atoms with E-state index in [1.807, 2.05) is 0 Å². The van der Waals surface area contributed by atoms with Crippen molar-refractivity contribution in [1.29, 1.82) is 5.26 Å². The second-order valence-electron chi connectivity index (χ2n) is 4.38. The van der Waals surface area contributed by atoms with E-state index in [1.54, 1.807) is 6.07 Å². The molecule has 2 heterocycles. The van der Waals surface area contributed by atoms with Gasteiger partial charge in [-0.05, 0) is 0 Å². The SMILES string of the molecule is N#Cc1cn(CC2(O)CCOCC2)c(=O)[nH]c1=O. The van der Waals surface area contributed by atoms with Crippen LogP contribution in [-0.4, -0.2) is 33.5 Å². The van der Waals surface area contributed by atoms with Gasteiger partial charge in [0.2, 0.25) is 0 Å². The summed E-state index contributed by atoms with van der Waals surface area (Å²) < 4.78 is 6.30. The predicted molar refractivity (Wildman–Crippen MR) is 61.0 cm³/mol. The van der Waals surface area contributed by atoms with Gasteiger partial charge in [-0.25, -0.2) is 4.79 Å². The van der Waals surface area contributed by atoms with E-state index in [-0.39, 0.29) is 12.1 Å². The van der Waals surface area contributed by atoms with Crippen LogP contribution in [0, 0.1) is 11.3 Å². The maximum atomic E-state index is 11.6. The lowest BCUT2D eigenvalue weighted by Gasteiger charge is -2.32. The van der Waals surface area contributed by atoms with Crippen molar-refractivity contribution in [2.24, 2.45) is 0 Å². The molecule has 0 amide bonds. The van der Waals surface area contributed by atoms with Crippen LogP contribution in [0.25, 0.3) is 0 Å². The van der Waals surface area contributed by atoms with Crippen LogP contribution >= 0.6 is 0 Å². The van der Waals surface area contributed by atoms with Crippen LogP contribution in [0.3, 0.4) is 0 Å². The minimum absolute atomic E-state index is 0.0423. The highest BCUT2D eigenvalue weighted by Gasteiger charge is 2.30. The molecule has 0 bridgehead atoms. The summed E-state index contributed by atoms with van der Waals surface area (Å²) in [5.74, 6) is 0. The van der Waals surface area contributed by atoms with Gasteiger partial charge < -0.3 is 9.84 Å². The number of nitrogens with one attached hydrogen (secondary N) is 1. The van der Waals surface area contributed by atoms with Crippen molar-refractivity contribution in [1.82, 2.24) is 9.55 Å². The first-order chi connectivity index (χ1) is 8.54. The molecule has 0 saturated carbocycles. The Morgan fingerprint density at radius 2 is 2.17 bits per heavy atom. The van der Waals surface area contributed by atoms with Crippen LogP contribution in [0.5, 0.6) is 0 Å². The summed E-state index contributed by atoms with van der Waals surface area (Å²) in [7, 11) is 0. The van der Waals surface area contributed by atoms with Gasteiger partial charge in [-0.2, -0.15) is 5.26 Å². The predicted octanol–water partition coefficient (Wildman–Crippen LogP) is -1.05. The molecule has 7 nitrogen and oxygen atoms in total. The van der Waals surface area contributed by atoms with Crippen LogP contribution in [0.4, 0.5) is 0 Å². The smallest absolute Gasteiger partial charge is 0.328 e. The van der Waals surface area contributed by atoms with Crippen molar-refractivity contribution < 1.29 is 9.84 Å². The van der Waals surface area contributed by atoms with Gasteiger partial charge in [0.05, 0.1) is 12.1 Å². The van der Waals surface area contributed by atoms with E-state index in [1.165, 1.54) is 6.20 Å². The molecular weight excluding hydrogens is 238 g/mol. The lowest BCUT2D eigenvalue weighted by atomic mass is 9.94. The van der Waals surface area contributed by atoms with Gasteiger partial charge in [-0.3, -0.25) is 14.3 Å². The molecule has 2 rings (SSSR count). The van der Waals surface area contributed by atoms with Crippen molar-refractivity contribution in [3.8, 4) is 6.07 Å². The largest absolute Gasteiger partial charge is 0.388 e. The molecule has 0 radical (unpaired) electrons. The van der Waals surface area contributed by atoms with Crippen molar-refractivity contribution in [2.75, 3.05) is 13.2 Å². The highest BCUT2D eigenvalue weighted by molar-refractivity contribution is 5.21. The van der Waals surface area contributed by atoms with Gasteiger partial charge in [0, 0.05) is 32.3 Å². The number of ether oxygens (including phenoxy) is 1. The van der Waals surface area contributed by atoms with E-state index in [0.717, 1.165) is 4.57 Å². The molecule has 1 fully saturated rings. The third kappa shape index (κ3) is 2.50. The van der Waals surface area contributed by atoms with Crippen LogP contribution in [0.1, 0.15) is 18.4 Å². The maximum absolute atomic E-state index is 11.6. The number of hydrogen-bond donors (Lipinski definition) is 2. The number of nitriles is 1. The first kappa shape index (κ1) is 12.5. The van der Waals surface area contributed by atoms with Gasteiger partial charge in [0.1, 0.15) is 11.6 Å². The Morgan fingerprint density at radius 1 is 1.50 bits per heavy atom. The molecular formula is C11H13N3O4. The Kier molecular flexibility index (Phi) is 3.32. The Bertz CT molecular complexity index is 590. The minimum atomic E-state index is -1.03. The van der Waals surface area contributed by atoms with Gasteiger partial charge >= 0.3 is 5.69 Å². The number of aliphatic hydroxyl groups is 1. The van der Waals surface area contributed by atoms with Crippen LogP contribution in [0.2, 0.25) is 0 Å². The van der Waals surface area contributed by atoms with Crippen molar-refractivity contribution in [3.05, 3.63) is 32.6 Å². The molecule has 1 aromatic heterocycles. The van der Waals surface area contributed by atoms with E-state index in [4.69, 9.17) is 10.00 Å². The zero-order valence-electron chi connectivity index (χ0n) is 9.68. The fourth-order valence-corrected chi connectivity index (χ4v) is 1.93. The molecule has 1 aliphatic heterocycles. The van der Waals surface area contributed by atoms with E-state index < -0.39 is 16.9 Å². The molecule has 0 aliphatic carbocycles. The highest BCUT2D eigenvalue weighted by atomic mass is 16.5. The summed E-state index contributed by atoms with van der Waals surface area (Å²) in [6.45, 7) is 0.903. The van der Waals surface area contributed by atoms with Gasteiger partial charge in [-0.15, -0.1) is 0 Å². The van der Waals surface area contributed by atoms with Crippen LogP contribution in [-0.2, 0) is 11.3 Å². The third-order valence-corrected chi connectivity index (χ3v) is 3.02. The molecule has 0 atom stereocenters. The average Bonchev–Trinajstić information content (AvgIpc) is 2.33. The number of rotatable bonds is 2. The van der Waals surface area contributed by atoms with E-state index in [9.17, 15) is 14.7 Å². The van der Waals surface area contributed by atoms with E-state index in [0.29, 0.717) is 26.1 Å². The minimum Gasteiger partial charge on any atom is -0.388 e. The third-order valence-electron chi connectivity index (χ3n) is 3.02. The second kappa shape index (κ2) is 4.76. The topological polar surface area (TPSA) is 108 Å². The first-order valence-electron chi connectivity index (χ1n) is 5.58. The molecule has 1 saturated heterocycles. The summed E-state index contributed by atoms with van der Waals surface area (Å²) in [4.78, 5) is 24.9. The van der Waals surface area contributed by atoms with Crippen LogP contribution in [0.15, 0.2) is 15.8 Å². The molecule has 7 heteroatoms. The summed E-state index contributed by atoms with van der Waals surface area (Å²) >= 11 is 0. The van der Waals surface area contributed by atoms with Gasteiger partial charge in [-0.1, -0.05) is 0 Å². The fourth-order valence-electron chi connectivity index (χ4n) is 1.93. The van der Waals surface area contributed by atoms with Crippen molar-refractivity contribution >= 4 is 0 Å².